The van der Waals surface area contributed by atoms with Crippen molar-refractivity contribution >= 4 is 12.3 Å². The number of benzene rings is 1. The second kappa shape index (κ2) is 4.92. The summed E-state index contributed by atoms with van der Waals surface area (Å²) in [4.78, 5) is 22.3. The third-order valence-electron chi connectivity index (χ3n) is 2.96. The molecule has 0 fully saturated rings. The quantitative estimate of drug-likeness (QED) is 0.577. The number of aldehydes is 1. The molecule has 3 nitrogen and oxygen atoms in total. The summed E-state index contributed by atoms with van der Waals surface area (Å²) in [6, 6.07) is 6.95. The van der Waals surface area contributed by atoms with E-state index in [1.807, 2.05) is 13.8 Å². The fourth-order valence-corrected chi connectivity index (χ4v) is 1.46. The fourth-order valence-electron chi connectivity index (χ4n) is 1.46. The van der Waals surface area contributed by atoms with Gasteiger partial charge in [0, 0.05) is 5.41 Å². The van der Waals surface area contributed by atoms with Crippen LogP contribution in [0.1, 0.15) is 36.2 Å². The van der Waals surface area contributed by atoms with Crippen molar-refractivity contribution in [1.82, 2.24) is 0 Å². The van der Waals surface area contributed by atoms with Crippen molar-refractivity contribution in [3.63, 3.8) is 0 Å². The minimum absolute atomic E-state index is 0.365. The summed E-state index contributed by atoms with van der Waals surface area (Å²) in [7, 11) is 1.35. The van der Waals surface area contributed by atoms with Gasteiger partial charge in [-0.05, 0) is 31.0 Å². The topological polar surface area (TPSA) is 43.4 Å². The molecular formula is C13H16O3. The lowest BCUT2D eigenvalue weighted by Crippen LogP contribution is -2.22. The number of ether oxygens (including phenoxy) is 1. The molecule has 0 aromatic heterocycles. The van der Waals surface area contributed by atoms with Crippen LogP contribution >= 0.6 is 0 Å². The van der Waals surface area contributed by atoms with Crippen molar-refractivity contribution in [2.24, 2.45) is 0 Å². The predicted octanol–water partition coefficient (Wildman–Crippen LogP) is 2.34. The van der Waals surface area contributed by atoms with Gasteiger partial charge in [0.15, 0.2) is 0 Å². The zero-order valence-electron chi connectivity index (χ0n) is 9.82. The first-order chi connectivity index (χ1) is 7.57. The maximum Gasteiger partial charge on any atom is 0.337 e. The lowest BCUT2D eigenvalue weighted by Gasteiger charge is -2.21. The molecule has 86 valence electrons. The molecule has 1 atom stereocenters. The highest BCUT2D eigenvalue weighted by Crippen LogP contribution is 2.25. The summed E-state index contributed by atoms with van der Waals surface area (Å²) in [5, 5.41) is 0. The van der Waals surface area contributed by atoms with Crippen LogP contribution in [0.5, 0.6) is 0 Å². The Labute approximate surface area is 95.4 Å². The number of carbonyl (C=O) groups excluding carboxylic acids is 2. The normalized spacial score (nSPS) is 13.9. The van der Waals surface area contributed by atoms with Gasteiger partial charge in [-0.3, -0.25) is 0 Å². The van der Waals surface area contributed by atoms with Crippen LogP contribution in [0.3, 0.4) is 0 Å². The van der Waals surface area contributed by atoms with E-state index in [9.17, 15) is 9.59 Å². The molecule has 16 heavy (non-hydrogen) atoms. The van der Waals surface area contributed by atoms with E-state index in [1.54, 1.807) is 24.3 Å². The highest BCUT2D eigenvalue weighted by atomic mass is 16.5. The van der Waals surface area contributed by atoms with Gasteiger partial charge >= 0.3 is 5.97 Å². The molecule has 1 aromatic rings. The SMILES string of the molecule is CCC(C)(C=O)c1ccc(C(=O)OC)cc1. The highest BCUT2D eigenvalue weighted by molar-refractivity contribution is 5.89. The predicted molar refractivity (Wildman–Crippen MR) is 61.5 cm³/mol. The summed E-state index contributed by atoms with van der Waals surface area (Å²) < 4.78 is 4.61. The highest BCUT2D eigenvalue weighted by Gasteiger charge is 2.23. The number of carbonyl (C=O) groups is 2. The van der Waals surface area contributed by atoms with Gasteiger partial charge in [-0.15, -0.1) is 0 Å². The second-order valence-electron chi connectivity index (χ2n) is 3.96. The van der Waals surface area contributed by atoms with E-state index in [0.717, 1.165) is 18.3 Å². The number of methoxy groups -OCH3 is 1. The lowest BCUT2D eigenvalue weighted by atomic mass is 9.81. The van der Waals surface area contributed by atoms with Crippen LogP contribution in [0.4, 0.5) is 0 Å². The maximum atomic E-state index is 11.2. The van der Waals surface area contributed by atoms with E-state index in [2.05, 4.69) is 4.74 Å². The molecule has 0 N–H and O–H groups in total. The number of hydrogen-bond donors (Lipinski definition) is 0. The first kappa shape index (κ1) is 12.4. The molecular weight excluding hydrogens is 204 g/mol. The Morgan fingerprint density at radius 2 is 1.94 bits per heavy atom. The van der Waals surface area contributed by atoms with E-state index < -0.39 is 5.41 Å². The first-order valence-corrected chi connectivity index (χ1v) is 5.22. The largest absolute Gasteiger partial charge is 0.465 e. The van der Waals surface area contributed by atoms with Crippen LogP contribution in [0, 0.1) is 0 Å². The zero-order valence-corrected chi connectivity index (χ0v) is 9.82. The van der Waals surface area contributed by atoms with E-state index in [1.165, 1.54) is 7.11 Å². The van der Waals surface area contributed by atoms with Crippen LogP contribution in [0.2, 0.25) is 0 Å². The van der Waals surface area contributed by atoms with Gasteiger partial charge in [0.05, 0.1) is 12.7 Å². The van der Waals surface area contributed by atoms with E-state index in [-0.39, 0.29) is 5.97 Å². The minimum Gasteiger partial charge on any atom is -0.465 e. The molecule has 1 aromatic carbocycles. The van der Waals surface area contributed by atoms with Crippen molar-refractivity contribution in [2.45, 2.75) is 25.7 Å². The molecule has 0 spiro atoms. The van der Waals surface area contributed by atoms with Crippen LogP contribution in [-0.4, -0.2) is 19.4 Å². The Bertz CT molecular complexity index is 381. The smallest absolute Gasteiger partial charge is 0.337 e. The molecule has 0 aliphatic carbocycles. The Morgan fingerprint density at radius 3 is 2.31 bits per heavy atom. The van der Waals surface area contributed by atoms with Gasteiger partial charge in [-0.25, -0.2) is 4.79 Å². The van der Waals surface area contributed by atoms with Gasteiger partial charge in [0.2, 0.25) is 0 Å². The van der Waals surface area contributed by atoms with Crippen molar-refractivity contribution in [2.75, 3.05) is 7.11 Å². The minimum atomic E-state index is -0.478. The monoisotopic (exact) mass is 220 g/mol. The fraction of sp³-hybridized carbons (Fsp3) is 0.385. The molecule has 0 aliphatic heterocycles. The number of hydrogen-bond acceptors (Lipinski definition) is 3. The zero-order chi connectivity index (χ0) is 12.2. The average Bonchev–Trinajstić information content (AvgIpc) is 2.37. The maximum absolute atomic E-state index is 11.2. The summed E-state index contributed by atoms with van der Waals surface area (Å²) in [5.41, 5.74) is 0.933. The van der Waals surface area contributed by atoms with Crippen LogP contribution in [0.15, 0.2) is 24.3 Å². The molecule has 0 amide bonds. The standard InChI is InChI=1S/C13H16O3/c1-4-13(2,9-14)11-7-5-10(6-8-11)12(15)16-3/h5-9H,4H2,1-3H3. The lowest BCUT2D eigenvalue weighted by molar-refractivity contribution is -0.112. The van der Waals surface area contributed by atoms with Crippen LogP contribution in [0.25, 0.3) is 0 Å². The molecule has 0 saturated carbocycles. The number of esters is 1. The second-order valence-corrected chi connectivity index (χ2v) is 3.96. The van der Waals surface area contributed by atoms with Crippen molar-refractivity contribution in [3.8, 4) is 0 Å². The summed E-state index contributed by atoms with van der Waals surface area (Å²) in [5.74, 6) is -0.365. The number of rotatable bonds is 4. The molecule has 1 rings (SSSR count). The molecule has 0 saturated heterocycles. The van der Waals surface area contributed by atoms with Gasteiger partial charge in [0.1, 0.15) is 6.29 Å². The Kier molecular flexibility index (Phi) is 3.82. The van der Waals surface area contributed by atoms with Gasteiger partial charge in [-0.2, -0.15) is 0 Å². The van der Waals surface area contributed by atoms with Gasteiger partial charge in [0.25, 0.3) is 0 Å². The molecule has 0 heterocycles. The van der Waals surface area contributed by atoms with Crippen LogP contribution in [-0.2, 0) is 14.9 Å². The first-order valence-electron chi connectivity index (χ1n) is 5.22. The summed E-state index contributed by atoms with van der Waals surface area (Å²) >= 11 is 0. The summed E-state index contributed by atoms with van der Waals surface area (Å²) in [6.07, 6.45) is 1.67. The van der Waals surface area contributed by atoms with Crippen molar-refractivity contribution < 1.29 is 14.3 Å². The Hall–Kier alpha value is -1.64. The molecule has 1 unspecified atom stereocenters. The van der Waals surface area contributed by atoms with Gasteiger partial charge < -0.3 is 9.53 Å². The third-order valence-corrected chi connectivity index (χ3v) is 2.96. The molecule has 3 heteroatoms. The Morgan fingerprint density at radius 1 is 1.38 bits per heavy atom. The Balaban J connectivity index is 3.03. The average molecular weight is 220 g/mol. The van der Waals surface area contributed by atoms with E-state index >= 15 is 0 Å². The van der Waals surface area contributed by atoms with Crippen molar-refractivity contribution in [1.29, 1.82) is 0 Å². The molecule has 0 radical (unpaired) electrons. The van der Waals surface area contributed by atoms with Gasteiger partial charge in [-0.1, -0.05) is 19.1 Å². The van der Waals surface area contributed by atoms with Crippen LogP contribution < -0.4 is 0 Å². The van der Waals surface area contributed by atoms with Crippen molar-refractivity contribution in [3.05, 3.63) is 35.4 Å². The third kappa shape index (κ3) is 2.30. The van der Waals surface area contributed by atoms with E-state index in [0.29, 0.717) is 5.56 Å². The molecule has 0 aliphatic rings. The van der Waals surface area contributed by atoms with E-state index in [4.69, 9.17) is 0 Å². The summed E-state index contributed by atoms with van der Waals surface area (Å²) in [6.45, 7) is 3.84. The molecule has 0 bridgehead atoms.